The SMILES string of the molecule is CC(=O)CCCCCCCCCN1CCNCC1. The fourth-order valence-electron chi connectivity index (χ4n) is 2.53. The number of nitrogens with zero attached hydrogens (tertiary/aromatic N) is 1. The molecule has 3 nitrogen and oxygen atoms in total. The van der Waals surface area contributed by atoms with E-state index in [1.165, 1.54) is 58.2 Å². The van der Waals surface area contributed by atoms with E-state index < -0.39 is 0 Å². The topological polar surface area (TPSA) is 32.3 Å². The molecule has 0 aliphatic carbocycles. The third-order valence-corrected chi connectivity index (χ3v) is 3.71. The number of unbranched alkanes of at least 4 members (excludes halogenated alkanes) is 6. The predicted octanol–water partition coefficient (Wildman–Crippen LogP) is 2.60. The van der Waals surface area contributed by atoms with Gasteiger partial charge in [-0.3, -0.25) is 0 Å². The van der Waals surface area contributed by atoms with E-state index in [-0.39, 0.29) is 0 Å². The number of carbonyl (C=O) groups is 1. The van der Waals surface area contributed by atoms with E-state index >= 15 is 0 Å². The number of rotatable bonds is 10. The second kappa shape index (κ2) is 10.5. The molecule has 106 valence electrons. The summed E-state index contributed by atoms with van der Waals surface area (Å²) in [4.78, 5) is 13.3. The standard InChI is InChI=1S/C15H30N2O/c1-15(18)9-7-5-3-2-4-6-8-12-17-13-10-16-11-14-17/h16H,2-14H2,1H3. The van der Waals surface area contributed by atoms with E-state index in [0.29, 0.717) is 5.78 Å². The predicted molar refractivity (Wildman–Crippen MR) is 76.9 cm³/mol. The maximum absolute atomic E-state index is 10.8. The van der Waals surface area contributed by atoms with Crippen LogP contribution in [0.1, 0.15) is 58.3 Å². The van der Waals surface area contributed by atoms with Crippen molar-refractivity contribution in [2.75, 3.05) is 32.7 Å². The van der Waals surface area contributed by atoms with Crippen molar-refractivity contribution in [1.82, 2.24) is 10.2 Å². The van der Waals surface area contributed by atoms with Crippen LogP contribution in [0.5, 0.6) is 0 Å². The van der Waals surface area contributed by atoms with Crippen molar-refractivity contribution in [3.8, 4) is 0 Å². The first-order chi connectivity index (χ1) is 8.79. The molecule has 1 saturated heterocycles. The Morgan fingerprint density at radius 1 is 0.944 bits per heavy atom. The van der Waals surface area contributed by atoms with Crippen molar-refractivity contribution in [3.05, 3.63) is 0 Å². The third kappa shape index (κ3) is 8.65. The summed E-state index contributed by atoms with van der Waals surface area (Å²) in [6, 6.07) is 0. The molecule has 0 atom stereocenters. The summed E-state index contributed by atoms with van der Waals surface area (Å²) in [5, 5.41) is 3.39. The highest BCUT2D eigenvalue weighted by Crippen LogP contribution is 2.09. The molecule has 1 fully saturated rings. The number of hydrogen-bond acceptors (Lipinski definition) is 3. The Morgan fingerprint density at radius 2 is 1.50 bits per heavy atom. The molecule has 1 N–H and O–H groups in total. The van der Waals surface area contributed by atoms with Crippen molar-refractivity contribution in [2.45, 2.75) is 58.3 Å². The van der Waals surface area contributed by atoms with Gasteiger partial charge in [0.05, 0.1) is 0 Å². The maximum atomic E-state index is 10.8. The highest BCUT2D eigenvalue weighted by molar-refractivity contribution is 5.75. The zero-order chi connectivity index (χ0) is 13.1. The maximum Gasteiger partial charge on any atom is 0.129 e. The molecule has 1 aliphatic heterocycles. The Kier molecular flexibility index (Phi) is 9.13. The highest BCUT2D eigenvalue weighted by Gasteiger charge is 2.07. The molecule has 1 rings (SSSR count). The summed E-state index contributed by atoms with van der Waals surface area (Å²) in [6.45, 7) is 7.75. The van der Waals surface area contributed by atoms with Crippen molar-refractivity contribution in [3.63, 3.8) is 0 Å². The quantitative estimate of drug-likeness (QED) is 0.608. The first kappa shape index (κ1) is 15.6. The Balaban J connectivity index is 1.76. The number of carbonyl (C=O) groups excluding carboxylic acids is 1. The highest BCUT2D eigenvalue weighted by atomic mass is 16.1. The Bertz CT molecular complexity index is 213. The van der Waals surface area contributed by atoms with Gasteiger partial charge in [0, 0.05) is 32.6 Å². The van der Waals surface area contributed by atoms with Crippen LogP contribution < -0.4 is 5.32 Å². The minimum atomic E-state index is 0.339. The number of piperazine rings is 1. The van der Waals surface area contributed by atoms with E-state index in [1.54, 1.807) is 6.92 Å². The van der Waals surface area contributed by atoms with E-state index in [9.17, 15) is 4.79 Å². The lowest BCUT2D eigenvalue weighted by Gasteiger charge is -2.27. The summed E-state index contributed by atoms with van der Waals surface area (Å²) in [5.74, 6) is 0.339. The van der Waals surface area contributed by atoms with Crippen molar-refractivity contribution in [1.29, 1.82) is 0 Å². The van der Waals surface area contributed by atoms with Crippen molar-refractivity contribution >= 4 is 5.78 Å². The zero-order valence-corrected chi connectivity index (χ0v) is 12.0. The molecule has 0 bridgehead atoms. The van der Waals surface area contributed by atoms with Gasteiger partial charge in [-0.25, -0.2) is 0 Å². The summed E-state index contributed by atoms with van der Waals surface area (Å²) < 4.78 is 0. The second-order valence-electron chi connectivity index (χ2n) is 5.52. The molecular weight excluding hydrogens is 224 g/mol. The van der Waals surface area contributed by atoms with Crippen LogP contribution in [0.25, 0.3) is 0 Å². The summed E-state index contributed by atoms with van der Waals surface area (Å²) in [6.07, 6.45) is 9.85. The van der Waals surface area contributed by atoms with Crippen molar-refractivity contribution in [2.24, 2.45) is 0 Å². The lowest BCUT2D eigenvalue weighted by molar-refractivity contribution is -0.117. The molecule has 18 heavy (non-hydrogen) atoms. The molecule has 0 aromatic rings. The van der Waals surface area contributed by atoms with Crippen LogP contribution in [0.2, 0.25) is 0 Å². The largest absolute Gasteiger partial charge is 0.314 e. The van der Waals surface area contributed by atoms with Crippen LogP contribution in [0.3, 0.4) is 0 Å². The van der Waals surface area contributed by atoms with Gasteiger partial charge in [0.2, 0.25) is 0 Å². The molecule has 0 radical (unpaired) electrons. The summed E-state index contributed by atoms with van der Waals surface area (Å²) >= 11 is 0. The molecule has 0 saturated carbocycles. The van der Waals surface area contributed by atoms with E-state index in [1.807, 2.05) is 0 Å². The first-order valence-corrected chi connectivity index (χ1v) is 7.71. The normalized spacial score (nSPS) is 16.9. The molecule has 1 aliphatic rings. The minimum absolute atomic E-state index is 0.339. The Labute approximate surface area is 112 Å². The number of Topliss-reactive ketones (excluding diaryl/α,β-unsaturated/α-hetero) is 1. The van der Waals surface area contributed by atoms with Gasteiger partial charge in [-0.15, -0.1) is 0 Å². The van der Waals surface area contributed by atoms with Crippen LogP contribution in [0.4, 0.5) is 0 Å². The van der Waals surface area contributed by atoms with Crippen LogP contribution in [0, 0.1) is 0 Å². The fraction of sp³-hybridized carbons (Fsp3) is 0.933. The monoisotopic (exact) mass is 254 g/mol. The molecule has 0 spiro atoms. The van der Waals surface area contributed by atoms with E-state index in [4.69, 9.17) is 0 Å². The average molecular weight is 254 g/mol. The van der Waals surface area contributed by atoms with E-state index in [0.717, 1.165) is 25.9 Å². The van der Waals surface area contributed by atoms with Crippen LogP contribution in [-0.2, 0) is 4.79 Å². The van der Waals surface area contributed by atoms with Crippen LogP contribution in [0.15, 0.2) is 0 Å². The van der Waals surface area contributed by atoms with Gasteiger partial charge in [0.25, 0.3) is 0 Å². The van der Waals surface area contributed by atoms with Gasteiger partial charge in [0.15, 0.2) is 0 Å². The van der Waals surface area contributed by atoms with Gasteiger partial charge in [-0.05, 0) is 26.3 Å². The Morgan fingerprint density at radius 3 is 2.11 bits per heavy atom. The number of nitrogens with one attached hydrogen (secondary N) is 1. The molecule has 0 aromatic heterocycles. The number of ketones is 1. The van der Waals surface area contributed by atoms with E-state index in [2.05, 4.69) is 10.2 Å². The lowest BCUT2D eigenvalue weighted by Crippen LogP contribution is -2.43. The third-order valence-electron chi connectivity index (χ3n) is 3.71. The van der Waals surface area contributed by atoms with Gasteiger partial charge in [-0.2, -0.15) is 0 Å². The van der Waals surface area contributed by atoms with Gasteiger partial charge >= 0.3 is 0 Å². The van der Waals surface area contributed by atoms with Crippen LogP contribution in [-0.4, -0.2) is 43.4 Å². The summed E-state index contributed by atoms with van der Waals surface area (Å²) in [7, 11) is 0. The molecule has 0 aromatic carbocycles. The van der Waals surface area contributed by atoms with Crippen molar-refractivity contribution < 1.29 is 4.79 Å². The second-order valence-corrected chi connectivity index (χ2v) is 5.52. The van der Waals surface area contributed by atoms with Gasteiger partial charge in [-0.1, -0.05) is 32.1 Å². The zero-order valence-electron chi connectivity index (χ0n) is 12.0. The lowest BCUT2D eigenvalue weighted by atomic mass is 10.1. The summed E-state index contributed by atoms with van der Waals surface area (Å²) in [5.41, 5.74) is 0. The molecule has 0 unspecified atom stereocenters. The molecule has 3 heteroatoms. The minimum Gasteiger partial charge on any atom is -0.314 e. The number of hydrogen-bond donors (Lipinski definition) is 1. The Hall–Kier alpha value is -0.410. The molecule has 0 amide bonds. The van der Waals surface area contributed by atoms with Gasteiger partial charge < -0.3 is 15.0 Å². The average Bonchev–Trinajstić information content (AvgIpc) is 2.37. The first-order valence-electron chi connectivity index (χ1n) is 7.71. The van der Waals surface area contributed by atoms with Crippen LogP contribution >= 0.6 is 0 Å². The molecular formula is C15H30N2O. The fourth-order valence-corrected chi connectivity index (χ4v) is 2.53. The van der Waals surface area contributed by atoms with Gasteiger partial charge in [0.1, 0.15) is 5.78 Å². The smallest absolute Gasteiger partial charge is 0.129 e. The molecule has 1 heterocycles.